The van der Waals surface area contributed by atoms with Gasteiger partial charge >= 0.3 is 6.09 Å². The maximum Gasteiger partial charge on any atom is 0.404 e. The van der Waals surface area contributed by atoms with E-state index in [2.05, 4.69) is 5.32 Å². The standard InChI is InChI=1S/C14H20N2O4/c1-14(2,8-16-13(17)18)20-12-5-3-4-11-10(12)6-9(15)7-19-11/h3-5,9,16H,6-8,15H2,1-2H3,(H,17,18)/t9-/m0/s1. The van der Waals surface area contributed by atoms with Gasteiger partial charge in [0.15, 0.2) is 0 Å². The zero-order valence-corrected chi connectivity index (χ0v) is 11.7. The summed E-state index contributed by atoms with van der Waals surface area (Å²) in [6, 6.07) is 5.54. The van der Waals surface area contributed by atoms with Crippen LogP contribution in [0.25, 0.3) is 0 Å². The van der Waals surface area contributed by atoms with Crippen molar-refractivity contribution in [1.82, 2.24) is 5.32 Å². The third kappa shape index (κ3) is 3.54. The first kappa shape index (κ1) is 14.5. The molecule has 1 aliphatic rings. The second-order valence-electron chi connectivity index (χ2n) is 5.53. The topological polar surface area (TPSA) is 93.8 Å². The van der Waals surface area contributed by atoms with Crippen LogP contribution in [0.2, 0.25) is 0 Å². The number of amides is 1. The Morgan fingerprint density at radius 1 is 1.60 bits per heavy atom. The number of carbonyl (C=O) groups is 1. The fourth-order valence-corrected chi connectivity index (χ4v) is 2.12. The second kappa shape index (κ2) is 5.58. The minimum Gasteiger partial charge on any atom is -0.492 e. The summed E-state index contributed by atoms with van der Waals surface area (Å²) in [6.45, 7) is 4.34. The Morgan fingerprint density at radius 2 is 2.35 bits per heavy atom. The number of nitrogens with two attached hydrogens (primary N) is 1. The molecule has 0 unspecified atom stereocenters. The van der Waals surface area contributed by atoms with Crippen molar-refractivity contribution in [1.29, 1.82) is 0 Å². The first-order valence-electron chi connectivity index (χ1n) is 6.53. The highest BCUT2D eigenvalue weighted by molar-refractivity contribution is 5.64. The average molecular weight is 280 g/mol. The molecule has 0 radical (unpaired) electrons. The van der Waals surface area contributed by atoms with Crippen LogP contribution in [0.1, 0.15) is 19.4 Å². The molecular weight excluding hydrogens is 260 g/mol. The highest BCUT2D eigenvalue weighted by atomic mass is 16.5. The van der Waals surface area contributed by atoms with Crippen molar-refractivity contribution in [2.24, 2.45) is 5.73 Å². The fourth-order valence-electron chi connectivity index (χ4n) is 2.12. The van der Waals surface area contributed by atoms with Gasteiger partial charge in [0.2, 0.25) is 0 Å². The predicted molar refractivity (Wildman–Crippen MR) is 74.4 cm³/mol. The Balaban J connectivity index is 2.15. The van der Waals surface area contributed by atoms with Crippen molar-refractivity contribution in [2.45, 2.75) is 31.9 Å². The molecule has 0 saturated heterocycles. The minimum atomic E-state index is -1.07. The molecule has 6 nitrogen and oxygen atoms in total. The number of carboxylic acid groups (broad SMARTS) is 1. The van der Waals surface area contributed by atoms with Crippen molar-refractivity contribution in [3.63, 3.8) is 0 Å². The van der Waals surface area contributed by atoms with E-state index in [1.165, 1.54) is 0 Å². The zero-order valence-electron chi connectivity index (χ0n) is 11.7. The van der Waals surface area contributed by atoms with E-state index in [0.29, 0.717) is 18.8 Å². The molecule has 1 atom stereocenters. The highest BCUT2D eigenvalue weighted by Crippen LogP contribution is 2.34. The van der Waals surface area contributed by atoms with Gasteiger partial charge < -0.3 is 25.6 Å². The van der Waals surface area contributed by atoms with Crippen molar-refractivity contribution in [3.05, 3.63) is 23.8 Å². The van der Waals surface area contributed by atoms with Gasteiger partial charge in [0.1, 0.15) is 23.7 Å². The fraction of sp³-hybridized carbons (Fsp3) is 0.500. The Hall–Kier alpha value is -1.95. The number of fused-ring (bicyclic) bond motifs is 1. The first-order chi connectivity index (χ1) is 9.37. The zero-order chi connectivity index (χ0) is 14.8. The molecule has 20 heavy (non-hydrogen) atoms. The van der Waals surface area contributed by atoms with Crippen molar-refractivity contribution < 1.29 is 19.4 Å². The van der Waals surface area contributed by atoms with Crippen LogP contribution in [0.3, 0.4) is 0 Å². The van der Waals surface area contributed by atoms with Crippen LogP contribution in [0.5, 0.6) is 11.5 Å². The van der Waals surface area contributed by atoms with Crippen LogP contribution < -0.4 is 20.5 Å². The summed E-state index contributed by atoms with van der Waals surface area (Å²) in [6.07, 6.45) is -0.379. The van der Waals surface area contributed by atoms with Gasteiger partial charge in [0, 0.05) is 11.6 Å². The maximum atomic E-state index is 10.6. The predicted octanol–water partition coefficient (Wildman–Crippen LogP) is 1.37. The minimum absolute atomic E-state index is 0.0486. The van der Waals surface area contributed by atoms with Crippen molar-refractivity contribution in [2.75, 3.05) is 13.2 Å². The van der Waals surface area contributed by atoms with Crippen LogP contribution >= 0.6 is 0 Å². The van der Waals surface area contributed by atoms with Gasteiger partial charge in [-0.1, -0.05) is 6.07 Å². The Kier molecular flexibility index (Phi) is 4.04. The molecular formula is C14H20N2O4. The highest BCUT2D eigenvalue weighted by Gasteiger charge is 2.26. The molecule has 1 aromatic carbocycles. The van der Waals surface area contributed by atoms with Crippen LogP contribution in [-0.2, 0) is 6.42 Å². The molecule has 1 aliphatic heterocycles. The number of ether oxygens (including phenoxy) is 2. The number of nitrogens with one attached hydrogen (secondary N) is 1. The van der Waals surface area contributed by atoms with Gasteiger partial charge in [-0.25, -0.2) is 4.79 Å². The summed E-state index contributed by atoms with van der Waals surface area (Å²) in [5.74, 6) is 1.47. The van der Waals surface area contributed by atoms with E-state index in [0.717, 1.165) is 11.3 Å². The van der Waals surface area contributed by atoms with Gasteiger partial charge in [-0.2, -0.15) is 0 Å². The Morgan fingerprint density at radius 3 is 3.05 bits per heavy atom. The third-order valence-corrected chi connectivity index (χ3v) is 3.06. The summed E-state index contributed by atoms with van der Waals surface area (Å²) in [5.41, 5.74) is 6.19. The lowest BCUT2D eigenvalue weighted by Gasteiger charge is -2.30. The molecule has 0 aliphatic carbocycles. The van der Waals surface area contributed by atoms with Gasteiger partial charge in [0.25, 0.3) is 0 Å². The number of hydrogen-bond donors (Lipinski definition) is 3. The molecule has 1 amide bonds. The molecule has 0 spiro atoms. The van der Waals surface area contributed by atoms with Crippen LogP contribution in [0, 0.1) is 0 Å². The Labute approximate surface area is 117 Å². The lowest BCUT2D eigenvalue weighted by molar-refractivity contribution is 0.102. The van der Waals surface area contributed by atoms with Crippen molar-refractivity contribution >= 4 is 6.09 Å². The summed E-state index contributed by atoms with van der Waals surface area (Å²) >= 11 is 0. The lowest BCUT2D eigenvalue weighted by Crippen LogP contribution is -2.42. The van der Waals surface area contributed by atoms with Gasteiger partial charge in [-0.15, -0.1) is 0 Å². The third-order valence-electron chi connectivity index (χ3n) is 3.06. The molecule has 1 heterocycles. The SMILES string of the molecule is CC(C)(CNC(=O)O)Oc1cccc2c1C[C@H](N)CO2. The molecule has 0 fully saturated rings. The van der Waals surface area contributed by atoms with E-state index in [9.17, 15) is 4.79 Å². The quantitative estimate of drug-likeness (QED) is 0.774. The lowest BCUT2D eigenvalue weighted by atomic mass is 10.0. The van der Waals surface area contributed by atoms with E-state index in [4.69, 9.17) is 20.3 Å². The molecule has 1 aromatic rings. The number of benzene rings is 1. The van der Waals surface area contributed by atoms with Crippen LogP contribution in [0.4, 0.5) is 4.79 Å². The van der Waals surface area contributed by atoms with E-state index >= 15 is 0 Å². The largest absolute Gasteiger partial charge is 0.492 e. The van der Waals surface area contributed by atoms with E-state index < -0.39 is 11.7 Å². The van der Waals surface area contributed by atoms with Gasteiger partial charge in [-0.05, 0) is 32.4 Å². The molecule has 6 heteroatoms. The summed E-state index contributed by atoms with van der Waals surface area (Å²) in [5, 5.41) is 11.0. The Bertz CT molecular complexity index is 502. The van der Waals surface area contributed by atoms with E-state index in [1.54, 1.807) is 0 Å². The van der Waals surface area contributed by atoms with Crippen LogP contribution in [0.15, 0.2) is 18.2 Å². The molecule has 0 saturated carbocycles. The maximum absolute atomic E-state index is 10.6. The summed E-state index contributed by atoms with van der Waals surface area (Å²) in [4.78, 5) is 10.6. The second-order valence-corrected chi connectivity index (χ2v) is 5.53. The molecule has 4 N–H and O–H groups in total. The molecule has 110 valence electrons. The summed E-state index contributed by atoms with van der Waals surface area (Å²) < 4.78 is 11.5. The van der Waals surface area contributed by atoms with Gasteiger partial charge in [-0.3, -0.25) is 0 Å². The first-order valence-corrected chi connectivity index (χ1v) is 6.53. The molecule has 0 aromatic heterocycles. The smallest absolute Gasteiger partial charge is 0.404 e. The molecule has 0 bridgehead atoms. The van der Waals surface area contributed by atoms with Crippen LogP contribution in [-0.4, -0.2) is 36.0 Å². The average Bonchev–Trinajstić information content (AvgIpc) is 2.37. The monoisotopic (exact) mass is 280 g/mol. The number of rotatable bonds is 4. The van der Waals surface area contributed by atoms with Gasteiger partial charge in [0.05, 0.1) is 6.54 Å². The normalized spacial score (nSPS) is 17.9. The van der Waals surface area contributed by atoms with E-state index in [1.807, 2.05) is 32.0 Å². The molecule has 2 rings (SSSR count). The summed E-state index contributed by atoms with van der Waals surface area (Å²) in [7, 11) is 0. The number of hydrogen-bond acceptors (Lipinski definition) is 4. The van der Waals surface area contributed by atoms with Crippen molar-refractivity contribution in [3.8, 4) is 11.5 Å². The van der Waals surface area contributed by atoms with E-state index in [-0.39, 0.29) is 12.6 Å².